The van der Waals surface area contributed by atoms with Crippen molar-refractivity contribution < 1.29 is 31.5 Å². The summed E-state index contributed by atoms with van der Waals surface area (Å²) in [6, 6.07) is 11.1. The lowest BCUT2D eigenvalue weighted by molar-refractivity contribution is 0.0608. The van der Waals surface area contributed by atoms with Crippen molar-refractivity contribution in [2.24, 2.45) is 0 Å². The monoisotopic (exact) mass is 657 g/mol. The summed E-state index contributed by atoms with van der Waals surface area (Å²) in [5.41, 5.74) is 1.40. The maximum Gasteiger partial charge on any atom is 0.430 e. The van der Waals surface area contributed by atoms with E-state index >= 15 is 8.78 Å². The molecule has 13 heteroatoms. The van der Waals surface area contributed by atoms with E-state index in [9.17, 15) is 13.2 Å². The number of carbonyl (C=O) groups excluding carboxylic acids is 1. The van der Waals surface area contributed by atoms with E-state index in [-0.39, 0.29) is 32.5 Å². The Morgan fingerprint density at radius 2 is 1.85 bits per heavy atom. The van der Waals surface area contributed by atoms with Crippen molar-refractivity contribution in [2.75, 3.05) is 17.4 Å². The van der Waals surface area contributed by atoms with Gasteiger partial charge in [0.15, 0.2) is 22.3 Å². The summed E-state index contributed by atoms with van der Waals surface area (Å²) in [6.45, 7) is 8.17. The third-order valence-electron chi connectivity index (χ3n) is 6.37. The van der Waals surface area contributed by atoms with Gasteiger partial charge in [-0.05, 0) is 62.0 Å². The molecule has 0 saturated carbocycles. The number of sulfonamides is 1. The van der Waals surface area contributed by atoms with Crippen molar-refractivity contribution in [3.8, 4) is 5.75 Å². The Morgan fingerprint density at radius 3 is 2.42 bits per heavy atom. The van der Waals surface area contributed by atoms with Crippen molar-refractivity contribution >= 4 is 49.2 Å². The fraction of sp³-hybridized carbons (Fsp3) is 0.407. The van der Waals surface area contributed by atoms with E-state index in [0.717, 1.165) is 17.4 Å². The number of halogens is 3. The van der Waals surface area contributed by atoms with E-state index in [0.29, 0.717) is 25.9 Å². The molecule has 1 aromatic heterocycles. The lowest BCUT2D eigenvalue weighted by atomic mass is 10.0. The molecule has 1 aliphatic rings. The van der Waals surface area contributed by atoms with E-state index in [1.807, 2.05) is 18.2 Å². The van der Waals surface area contributed by atoms with Crippen LogP contribution in [0.2, 0.25) is 0 Å². The standard InChI is InChI=1S/C27H30BrF2N3O5S2/c1-17(18-8-6-5-7-9-18)32-12-10-19(11-13-32)37-21-14-20(29)25(24(30)23(21)28)40(35,36)33(22-15-39-16-31-22)26(34)38-27(2,3)4/h5-9,14-17,19H,10-13H2,1-4H3/t17-/m1/s1. The third-order valence-corrected chi connectivity index (χ3v) is 9.39. The number of nitrogens with zero attached hydrogens (tertiary/aromatic N) is 3. The number of carbonyl (C=O) groups is 1. The van der Waals surface area contributed by atoms with Crippen LogP contribution in [-0.4, -0.2) is 49.2 Å². The van der Waals surface area contributed by atoms with Crippen molar-refractivity contribution in [2.45, 2.75) is 63.2 Å². The van der Waals surface area contributed by atoms with Gasteiger partial charge >= 0.3 is 6.09 Å². The zero-order valence-corrected chi connectivity index (χ0v) is 25.7. The summed E-state index contributed by atoms with van der Waals surface area (Å²) in [5, 5.41) is 1.26. The van der Waals surface area contributed by atoms with E-state index in [1.54, 1.807) is 0 Å². The van der Waals surface area contributed by atoms with Gasteiger partial charge in [0.1, 0.15) is 17.5 Å². The molecule has 2 aromatic carbocycles. The molecular formula is C27H30BrF2N3O5S2. The Bertz CT molecular complexity index is 1440. The molecule has 0 N–H and O–H groups in total. The first-order chi connectivity index (χ1) is 18.8. The Kier molecular flexibility index (Phi) is 9.18. The minimum absolute atomic E-state index is 0.160. The van der Waals surface area contributed by atoms with E-state index in [2.05, 4.69) is 44.9 Å². The predicted octanol–water partition coefficient (Wildman–Crippen LogP) is 6.92. The van der Waals surface area contributed by atoms with Gasteiger partial charge in [-0.3, -0.25) is 4.90 Å². The van der Waals surface area contributed by atoms with Gasteiger partial charge in [0.05, 0.1) is 9.98 Å². The van der Waals surface area contributed by atoms with Gasteiger partial charge in [-0.1, -0.05) is 30.3 Å². The highest BCUT2D eigenvalue weighted by Gasteiger charge is 2.41. The highest BCUT2D eigenvalue weighted by molar-refractivity contribution is 9.10. The highest BCUT2D eigenvalue weighted by atomic mass is 79.9. The highest BCUT2D eigenvalue weighted by Crippen LogP contribution is 2.38. The number of thiazole rings is 1. The molecule has 1 amide bonds. The topological polar surface area (TPSA) is 89.0 Å². The van der Waals surface area contributed by atoms with Crippen molar-refractivity contribution in [3.05, 3.63) is 69.0 Å². The molecule has 2 heterocycles. The maximum absolute atomic E-state index is 15.6. The van der Waals surface area contributed by atoms with Crippen LogP contribution in [-0.2, 0) is 14.8 Å². The van der Waals surface area contributed by atoms with Crippen LogP contribution in [0.15, 0.2) is 56.7 Å². The summed E-state index contributed by atoms with van der Waals surface area (Å²) in [7, 11) is -5.11. The van der Waals surface area contributed by atoms with Crippen molar-refractivity contribution in [1.82, 2.24) is 9.88 Å². The smallest absolute Gasteiger partial charge is 0.430 e. The summed E-state index contributed by atoms with van der Waals surface area (Å²) >= 11 is 4.05. The van der Waals surface area contributed by atoms with Crippen LogP contribution in [0.5, 0.6) is 5.75 Å². The number of amides is 1. The van der Waals surface area contributed by atoms with Gasteiger partial charge in [0.25, 0.3) is 10.0 Å². The molecule has 1 aliphatic heterocycles. The van der Waals surface area contributed by atoms with Crippen LogP contribution in [0.1, 0.15) is 52.1 Å². The third kappa shape index (κ3) is 6.64. The van der Waals surface area contributed by atoms with Crippen molar-refractivity contribution in [3.63, 3.8) is 0 Å². The number of piperidine rings is 1. The van der Waals surface area contributed by atoms with Gasteiger partial charge in [0, 0.05) is 30.6 Å². The van der Waals surface area contributed by atoms with Gasteiger partial charge in [-0.25, -0.2) is 27.0 Å². The van der Waals surface area contributed by atoms with Crippen molar-refractivity contribution in [1.29, 1.82) is 0 Å². The van der Waals surface area contributed by atoms with Gasteiger partial charge in [0.2, 0.25) is 0 Å². The first-order valence-electron chi connectivity index (χ1n) is 12.6. The van der Waals surface area contributed by atoms with Crippen LogP contribution in [0, 0.1) is 11.6 Å². The van der Waals surface area contributed by atoms with Crippen LogP contribution in [0.3, 0.4) is 0 Å². The van der Waals surface area contributed by atoms with E-state index in [4.69, 9.17) is 9.47 Å². The zero-order chi connectivity index (χ0) is 29.2. The molecule has 1 fully saturated rings. The summed E-state index contributed by atoms with van der Waals surface area (Å²) in [5.74, 6) is -3.34. The van der Waals surface area contributed by atoms with Crippen LogP contribution >= 0.6 is 27.3 Å². The number of hydrogen-bond acceptors (Lipinski definition) is 8. The Morgan fingerprint density at radius 1 is 1.20 bits per heavy atom. The fourth-order valence-corrected chi connectivity index (χ4v) is 6.92. The molecular weight excluding hydrogens is 628 g/mol. The first kappa shape index (κ1) is 30.4. The van der Waals surface area contributed by atoms with Crippen LogP contribution < -0.4 is 9.04 Å². The number of aromatic nitrogens is 1. The predicted molar refractivity (Wildman–Crippen MR) is 152 cm³/mol. The van der Waals surface area contributed by atoms with E-state index in [1.165, 1.54) is 37.2 Å². The Labute approximate surface area is 245 Å². The molecule has 216 valence electrons. The second-order valence-electron chi connectivity index (χ2n) is 10.3. The average molecular weight is 659 g/mol. The maximum atomic E-state index is 15.6. The fourth-order valence-electron chi connectivity index (χ4n) is 4.40. The molecule has 0 unspecified atom stereocenters. The zero-order valence-electron chi connectivity index (χ0n) is 22.4. The number of likely N-dealkylation sites (tertiary alicyclic amines) is 1. The molecule has 40 heavy (non-hydrogen) atoms. The number of benzene rings is 2. The molecule has 4 rings (SSSR count). The SMILES string of the molecule is C[C@H](c1ccccc1)N1CCC(Oc2cc(F)c(S(=O)(=O)N(C(=O)OC(C)(C)C)c3cscn3)c(F)c2Br)CC1. The van der Waals surface area contributed by atoms with Crippen LogP contribution in [0.4, 0.5) is 19.4 Å². The van der Waals surface area contributed by atoms with E-state index < -0.39 is 38.2 Å². The quantitative estimate of drug-likeness (QED) is 0.255. The van der Waals surface area contributed by atoms with Crippen LogP contribution in [0.25, 0.3) is 0 Å². The molecule has 3 aromatic rings. The first-order valence-corrected chi connectivity index (χ1v) is 15.8. The lowest BCUT2D eigenvalue weighted by Gasteiger charge is -2.36. The lowest BCUT2D eigenvalue weighted by Crippen LogP contribution is -2.42. The normalized spacial score (nSPS) is 16.0. The number of rotatable bonds is 7. The molecule has 0 bridgehead atoms. The largest absolute Gasteiger partial charge is 0.489 e. The second kappa shape index (κ2) is 12.1. The molecule has 1 saturated heterocycles. The molecule has 8 nitrogen and oxygen atoms in total. The summed E-state index contributed by atoms with van der Waals surface area (Å²) in [4.78, 5) is 17.7. The van der Waals surface area contributed by atoms with Gasteiger partial charge in [-0.15, -0.1) is 15.6 Å². The number of anilines is 1. The van der Waals surface area contributed by atoms with Gasteiger partial charge < -0.3 is 9.47 Å². The minimum atomic E-state index is -5.11. The molecule has 0 aliphatic carbocycles. The Balaban J connectivity index is 1.56. The summed E-state index contributed by atoms with van der Waals surface area (Å²) < 4.78 is 68.9. The summed E-state index contributed by atoms with van der Waals surface area (Å²) in [6.07, 6.45) is -0.443. The average Bonchev–Trinajstić information content (AvgIpc) is 3.40. The Hall–Kier alpha value is -2.61. The minimum Gasteiger partial charge on any atom is -0.489 e. The number of ether oxygens (including phenoxy) is 2. The molecule has 0 radical (unpaired) electrons. The second-order valence-corrected chi connectivity index (χ2v) is 13.6. The van der Waals surface area contributed by atoms with Gasteiger partial charge in [-0.2, -0.15) is 0 Å². The number of hydrogen-bond donors (Lipinski definition) is 0. The molecule has 1 atom stereocenters. The molecule has 0 spiro atoms.